The predicted molar refractivity (Wildman–Crippen MR) is 129 cm³/mol. The number of ether oxygens (including phenoxy) is 2. The molecule has 0 heterocycles. The summed E-state index contributed by atoms with van der Waals surface area (Å²) < 4.78 is 9.38. The molecule has 0 spiro atoms. The summed E-state index contributed by atoms with van der Waals surface area (Å²) in [5.74, 6) is -0.312. The highest BCUT2D eigenvalue weighted by Crippen LogP contribution is 2.14. The van der Waals surface area contributed by atoms with Crippen LogP contribution in [-0.4, -0.2) is 26.2 Å². The summed E-state index contributed by atoms with van der Waals surface area (Å²) in [6.07, 6.45) is 12.3. The van der Waals surface area contributed by atoms with Gasteiger partial charge in [-0.05, 0) is 67.2 Å². The van der Waals surface area contributed by atoms with Crippen LogP contribution in [-0.2, 0) is 44.7 Å². The summed E-state index contributed by atoms with van der Waals surface area (Å²) in [4.78, 5) is 22.4. The zero-order chi connectivity index (χ0) is 23.0. The molecule has 0 atom stereocenters. The van der Waals surface area contributed by atoms with Crippen molar-refractivity contribution in [1.82, 2.24) is 0 Å². The first-order valence-electron chi connectivity index (χ1n) is 11.9. The lowest BCUT2D eigenvalue weighted by Crippen LogP contribution is -2.04. The standard InChI is InChI=1S/C28H38O4/c1-31-27(29)13-9-8-12-25-16-14-23(15-17-25)10-6-4-3-5-7-11-24-18-20-26(21-19-24)22-28(30)32-2/h14-21H,3-13,22H2,1-2H3. The van der Waals surface area contributed by atoms with E-state index in [1.165, 1.54) is 63.0 Å². The molecule has 2 aromatic carbocycles. The Labute approximate surface area is 193 Å². The van der Waals surface area contributed by atoms with Gasteiger partial charge in [-0.3, -0.25) is 9.59 Å². The number of methoxy groups -OCH3 is 2. The number of esters is 2. The number of carbonyl (C=O) groups excluding carboxylic acids is 2. The first-order chi connectivity index (χ1) is 15.6. The van der Waals surface area contributed by atoms with Gasteiger partial charge in [0, 0.05) is 6.42 Å². The minimum absolute atomic E-state index is 0.119. The first-order valence-corrected chi connectivity index (χ1v) is 11.9. The molecular weight excluding hydrogens is 400 g/mol. The van der Waals surface area contributed by atoms with Crippen LogP contribution < -0.4 is 0 Å². The number of unbranched alkanes of at least 4 members (excludes halogenated alkanes) is 5. The highest BCUT2D eigenvalue weighted by Gasteiger charge is 2.03. The molecule has 174 valence electrons. The fourth-order valence-corrected chi connectivity index (χ4v) is 3.82. The Morgan fingerprint density at radius 1 is 0.531 bits per heavy atom. The number of hydrogen-bond donors (Lipinski definition) is 0. The van der Waals surface area contributed by atoms with Gasteiger partial charge >= 0.3 is 11.9 Å². The van der Waals surface area contributed by atoms with Crippen molar-refractivity contribution in [2.75, 3.05) is 14.2 Å². The molecule has 32 heavy (non-hydrogen) atoms. The Morgan fingerprint density at radius 2 is 0.906 bits per heavy atom. The van der Waals surface area contributed by atoms with Gasteiger partial charge in [-0.2, -0.15) is 0 Å². The second-order valence-electron chi connectivity index (χ2n) is 8.44. The monoisotopic (exact) mass is 438 g/mol. The fourth-order valence-electron chi connectivity index (χ4n) is 3.82. The van der Waals surface area contributed by atoms with Gasteiger partial charge in [0.15, 0.2) is 0 Å². The van der Waals surface area contributed by atoms with Crippen LogP contribution in [0.5, 0.6) is 0 Å². The summed E-state index contributed by atoms with van der Waals surface area (Å²) in [6.45, 7) is 0. The van der Waals surface area contributed by atoms with Crippen molar-refractivity contribution in [2.24, 2.45) is 0 Å². The maximum absolute atomic E-state index is 11.3. The van der Waals surface area contributed by atoms with Crippen LogP contribution in [0.25, 0.3) is 0 Å². The summed E-state index contributed by atoms with van der Waals surface area (Å²) in [5.41, 5.74) is 5.10. The van der Waals surface area contributed by atoms with Gasteiger partial charge in [-0.25, -0.2) is 0 Å². The zero-order valence-corrected chi connectivity index (χ0v) is 19.7. The van der Waals surface area contributed by atoms with Crippen molar-refractivity contribution < 1.29 is 19.1 Å². The summed E-state index contributed by atoms with van der Waals surface area (Å²) in [7, 11) is 2.86. The SMILES string of the molecule is COC(=O)CCCCc1ccc(CCCCCCCc2ccc(CC(=O)OC)cc2)cc1. The van der Waals surface area contributed by atoms with Crippen LogP contribution in [0, 0.1) is 0 Å². The van der Waals surface area contributed by atoms with Crippen molar-refractivity contribution >= 4 is 11.9 Å². The summed E-state index contributed by atoms with van der Waals surface area (Å²) in [6, 6.07) is 17.3. The minimum Gasteiger partial charge on any atom is -0.469 e. The average Bonchev–Trinajstić information content (AvgIpc) is 2.82. The third-order valence-electron chi connectivity index (χ3n) is 5.88. The number of benzene rings is 2. The second kappa shape index (κ2) is 15.2. The fraction of sp³-hybridized carbons (Fsp3) is 0.500. The van der Waals surface area contributed by atoms with E-state index < -0.39 is 0 Å². The molecule has 0 saturated heterocycles. The number of aryl methyl sites for hydroxylation is 3. The molecule has 0 fully saturated rings. The average molecular weight is 439 g/mol. The Kier molecular flexibility index (Phi) is 12.2. The van der Waals surface area contributed by atoms with Gasteiger partial charge in [-0.1, -0.05) is 67.8 Å². The molecule has 0 aliphatic heterocycles. The molecular formula is C28H38O4. The van der Waals surface area contributed by atoms with Gasteiger partial charge in [0.1, 0.15) is 0 Å². The van der Waals surface area contributed by atoms with E-state index in [2.05, 4.69) is 41.1 Å². The maximum Gasteiger partial charge on any atom is 0.309 e. The molecule has 0 aromatic heterocycles. The van der Waals surface area contributed by atoms with E-state index in [-0.39, 0.29) is 11.9 Å². The van der Waals surface area contributed by atoms with Crippen LogP contribution in [0.15, 0.2) is 48.5 Å². The Bertz CT molecular complexity index is 793. The van der Waals surface area contributed by atoms with Gasteiger partial charge in [-0.15, -0.1) is 0 Å². The molecule has 0 bridgehead atoms. The predicted octanol–water partition coefficient (Wildman–Crippen LogP) is 6.02. The van der Waals surface area contributed by atoms with E-state index in [0.717, 1.165) is 37.7 Å². The number of rotatable bonds is 15. The van der Waals surface area contributed by atoms with E-state index in [1.807, 2.05) is 12.1 Å². The molecule has 2 aromatic rings. The molecule has 0 amide bonds. The van der Waals surface area contributed by atoms with Gasteiger partial charge in [0.2, 0.25) is 0 Å². The Hall–Kier alpha value is -2.62. The van der Waals surface area contributed by atoms with Crippen LogP contribution in [0.4, 0.5) is 0 Å². The smallest absolute Gasteiger partial charge is 0.309 e. The summed E-state index contributed by atoms with van der Waals surface area (Å²) in [5, 5.41) is 0. The van der Waals surface area contributed by atoms with Crippen molar-refractivity contribution in [3.05, 3.63) is 70.8 Å². The highest BCUT2D eigenvalue weighted by molar-refractivity contribution is 5.72. The quantitative estimate of drug-likeness (QED) is 0.252. The van der Waals surface area contributed by atoms with Crippen LogP contribution in [0.3, 0.4) is 0 Å². The second-order valence-corrected chi connectivity index (χ2v) is 8.44. The highest BCUT2D eigenvalue weighted by atomic mass is 16.5. The van der Waals surface area contributed by atoms with Crippen molar-refractivity contribution in [1.29, 1.82) is 0 Å². The molecule has 0 saturated carbocycles. The summed E-state index contributed by atoms with van der Waals surface area (Å²) >= 11 is 0. The normalized spacial score (nSPS) is 10.7. The van der Waals surface area contributed by atoms with Crippen LogP contribution in [0.1, 0.15) is 73.6 Å². The van der Waals surface area contributed by atoms with E-state index in [0.29, 0.717) is 12.8 Å². The lowest BCUT2D eigenvalue weighted by atomic mass is 10.0. The molecule has 0 unspecified atom stereocenters. The Morgan fingerprint density at radius 3 is 1.34 bits per heavy atom. The Balaban J connectivity index is 1.52. The van der Waals surface area contributed by atoms with Crippen LogP contribution >= 0.6 is 0 Å². The zero-order valence-electron chi connectivity index (χ0n) is 19.7. The largest absolute Gasteiger partial charge is 0.469 e. The van der Waals surface area contributed by atoms with Crippen LogP contribution in [0.2, 0.25) is 0 Å². The molecule has 0 N–H and O–H groups in total. The van der Waals surface area contributed by atoms with E-state index in [1.54, 1.807) is 0 Å². The minimum atomic E-state index is -0.193. The number of carbonyl (C=O) groups is 2. The first kappa shape index (κ1) is 25.6. The van der Waals surface area contributed by atoms with Crippen molar-refractivity contribution in [2.45, 2.75) is 77.0 Å². The third-order valence-corrected chi connectivity index (χ3v) is 5.88. The number of hydrogen-bond acceptors (Lipinski definition) is 4. The lowest BCUT2D eigenvalue weighted by Gasteiger charge is -2.06. The van der Waals surface area contributed by atoms with E-state index in [9.17, 15) is 9.59 Å². The van der Waals surface area contributed by atoms with Gasteiger partial charge in [0.25, 0.3) is 0 Å². The van der Waals surface area contributed by atoms with Gasteiger partial charge < -0.3 is 9.47 Å². The van der Waals surface area contributed by atoms with Gasteiger partial charge in [0.05, 0.1) is 20.6 Å². The van der Waals surface area contributed by atoms with Crippen molar-refractivity contribution in [3.63, 3.8) is 0 Å². The molecule has 2 rings (SSSR count). The van der Waals surface area contributed by atoms with Crippen molar-refractivity contribution in [3.8, 4) is 0 Å². The van der Waals surface area contributed by atoms with E-state index in [4.69, 9.17) is 4.74 Å². The molecule has 4 heteroatoms. The van der Waals surface area contributed by atoms with E-state index >= 15 is 0 Å². The molecule has 0 radical (unpaired) electrons. The molecule has 4 nitrogen and oxygen atoms in total. The molecule has 0 aliphatic carbocycles. The molecule has 0 aliphatic rings. The third kappa shape index (κ3) is 10.6. The topological polar surface area (TPSA) is 52.6 Å². The maximum atomic E-state index is 11.3. The lowest BCUT2D eigenvalue weighted by molar-refractivity contribution is -0.141.